The minimum Gasteiger partial charge on any atom is -0.435 e. The molecule has 0 saturated heterocycles. The van der Waals surface area contributed by atoms with Gasteiger partial charge < -0.3 is 4.74 Å². The Morgan fingerprint density at radius 2 is 0.929 bits per heavy atom. The first-order valence-corrected chi connectivity index (χ1v) is 17.8. The van der Waals surface area contributed by atoms with E-state index in [1.54, 1.807) is 0 Å². The van der Waals surface area contributed by atoms with E-state index in [2.05, 4.69) is 44.7 Å². The second-order valence-electron chi connectivity index (χ2n) is 11.9. The molecule has 4 heteroatoms. The molecule has 0 aliphatic heterocycles. The van der Waals surface area contributed by atoms with Gasteiger partial charge in [0.05, 0.1) is 6.26 Å². The van der Waals surface area contributed by atoms with Crippen molar-refractivity contribution >= 4 is 17.5 Å². The molecule has 0 aliphatic rings. The van der Waals surface area contributed by atoms with Crippen molar-refractivity contribution in [3.05, 3.63) is 37.1 Å². The summed E-state index contributed by atoms with van der Waals surface area (Å²) in [4.78, 5) is 37.7. The number of carbonyl (C=O) groups is 3. The highest BCUT2D eigenvalue weighted by molar-refractivity contribution is 6.41. The molecule has 1 atom stereocenters. The third-order valence-corrected chi connectivity index (χ3v) is 8.00. The average Bonchev–Trinajstić information content (AvgIpc) is 2.99. The minimum absolute atomic E-state index is 0.218. The number of hydrogen-bond donors (Lipinski definition) is 0. The number of rotatable bonds is 32. The van der Waals surface area contributed by atoms with Crippen LogP contribution in [0.25, 0.3) is 0 Å². The van der Waals surface area contributed by atoms with Crippen LogP contribution in [0, 0.1) is 5.92 Å². The van der Waals surface area contributed by atoms with Crippen molar-refractivity contribution in [3.8, 4) is 0 Å². The summed E-state index contributed by atoms with van der Waals surface area (Å²) in [6.07, 6.45) is 38.9. The molecule has 0 amide bonds. The lowest BCUT2D eigenvalue weighted by Crippen LogP contribution is -2.31. The Bertz CT molecular complexity index is 721. The summed E-state index contributed by atoms with van der Waals surface area (Å²) < 4.78 is 4.91. The Morgan fingerprint density at radius 1 is 0.548 bits per heavy atom. The summed E-state index contributed by atoms with van der Waals surface area (Å²) >= 11 is 0. The fourth-order valence-electron chi connectivity index (χ4n) is 5.26. The van der Waals surface area contributed by atoms with Gasteiger partial charge in [0.25, 0.3) is 0 Å². The van der Waals surface area contributed by atoms with E-state index >= 15 is 0 Å². The predicted molar refractivity (Wildman–Crippen MR) is 179 cm³/mol. The van der Waals surface area contributed by atoms with Crippen LogP contribution in [0.15, 0.2) is 37.1 Å². The molecule has 0 saturated carbocycles. The molecule has 0 rings (SSSR count). The summed E-state index contributed by atoms with van der Waals surface area (Å²) in [6, 6.07) is 0. The van der Waals surface area contributed by atoms with Gasteiger partial charge in [0.2, 0.25) is 5.78 Å². The fourth-order valence-corrected chi connectivity index (χ4v) is 5.26. The lowest BCUT2D eigenvalue weighted by atomic mass is 9.92. The summed E-state index contributed by atoms with van der Waals surface area (Å²) in [7, 11) is 0. The first-order valence-electron chi connectivity index (χ1n) is 17.8. The van der Waals surface area contributed by atoms with Gasteiger partial charge in [0, 0.05) is 6.42 Å². The average molecular weight is 587 g/mol. The van der Waals surface area contributed by atoms with Gasteiger partial charge in [-0.05, 0) is 64.2 Å². The van der Waals surface area contributed by atoms with Gasteiger partial charge in [-0.1, -0.05) is 141 Å². The van der Waals surface area contributed by atoms with E-state index in [1.807, 2.05) is 0 Å². The topological polar surface area (TPSA) is 60.4 Å². The number of Topliss-reactive ketones (excluding diaryl/α,β-unsaturated/α-hetero) is 2. The maximum Gasteiger partial charge on any atom is 0.321 e. The highest BCUT2D eigenvalue weighted by Gasteiger charge is 2.31. The van der Waals surface area contributed by atoms with Crippen molar-refractivity contribution in [2.45, 2.75) is 181 Å². The van der Waals surface area contributed by atoms with Gasteiger partial charge in [-0.15, -0.1) is 0 Å². The van der Waals surface area contributed by atoms with Crippen LogP contribution in [0.3, 0.4) is 0 Å². The molecule has 0 spiro atoms. The molecule has 0 bridgehead atoms. The van der Waals surface area contributed by atoms with Crippen LogP contribution in [-0.4, -0.2) is 17.5 Å². The number of ketones is 2. The highest BCUT2D eigenvalue weighted by atomic mass is 16.5. The van der Waals surface area contributed by atoms with Crippen LogP contribution >= 0.6 is 0 Å². The first kappa shape index (κ1) is 40.0. The number of unbranched alkanes of at least 4 members (excludes halogenated alkanes) is 20. The molecule has 42 heavy (non-hydrogen) atoms. The molecule has 242 valence electrons. The van der Waals surface area contributed by atoms with Crippen LogP contribution in [-0.2, 0) is 19.1 Å². The van der Waals surface area contributed by atoms with Crippen LogP contribution in [0.2, 0.25) is 0 Å². The number of carbonyl (C=O) groups excluding carboxylic acids is 3. The Hall–Kier alpha value is -1.97. The Morgan fingerprint density at radius 3 is 1.36 bits per heavy atom. The van der Waals surface area contributed by atoms with E-state index in [4.69, 9.17) is 4.74 Å². The van der Waals surface area contributed by atoms with Crippen LogP contribution in [0.5, 0.6) is 0 Å². The number of ether oxygens (including phenoxy) is 1. The van der Waals surface area contributed by atoms with E-state index in [-0.39, 0.29) is 6.42 Å². The zero-order chi connectivity index (χ0) is 30.9. The van der Waals surface area contributed by atoms with E-state index in [0.29, 0.717) is 12.8 Å². The second kappa shape index (κ2) is 32.0. The SMILES string of the molecule is C=COC(=O)C(CCCCCC/C=C\CCCCCCCC)C(=O)C(=O)CCCCCC/C=C\CCCCCCCC. The molecule has 0 radical (unpaired) electrons. The third kappa shape index (κ3) is 25.7. The van der Waals surface area contributed by atoms with Crippen molar-refractivity contribution in [1.29, 1.82) is 0 Å². The monoisotopic (exact) mass is 586 g/mol. The number of esters is 1. The van der Waals surface area contributed by atoms with E-state index in [9.17, 15) is 14.4 Å². The Kier molecular flexibility index (Phi) is 30.5. The maximum atomic E-state index is 12.8. The normalized spacial score (nSPS) is 12.2. The summed E-state index contributed by atoms with van der Waals surface area (Å²) in [5, 5.41) is 0. The number of allylic oxidation sites excluding steroid dienone is 4. The van der Waals surface area contributed by atoms with Gasteiger partial charge in [0.15, 0.2) is 5.78 Å². The lowest BCUT2D eigenvalue weighted by Gasteiger charge is -2.13. The molecule has 0 aliphatic carbocycles. The quantitative estimate of drug-likeness (QED) is 0.0196. The zero-order valence-corrected chi connectivity index (χ0v) is 27.7. The van der Waals surface area contributed by atoms with Gasteiger partial charge >= 0.3 is 5.97 Å². The van der Waals surface area contributed by atoms with Crippen LogP contribution < -0.4 is 0 Å². The standard InChI is InChI=1S/C38H66O4/c1-4-7-9-11-13-15-17-19-21-23-25-27-29-31-33-35(38(41)42-6-3)37(40)36(39)34-32-30-28-26-24-22-20-18-16-14-12-10-8-5-2/h6,19-22,35H,3-5,7-18,23-34H2,1-2H3/b21-19-,22-20-. The molecule has 0 aromatic rings. The van der Waals surface area contributed by atoms with Crippen molar-refractivity contribution in [2.24, 2.45) is 5.92 Å². The summed E-state index contributed by atoms with van der Waals surface area (Å²) in [5.41, 5.74) is 0. The second-order valence-corrected chi connectivity index (χ2v) is 11.9. The summed E-state index contributed by atoms with van der Waals surface area (Å²) in [6.45, 7) is 7.93. The van der Waals surface area contributed by atoms with Crippen molar-refractivity contribution < 1.29 is 19.1 Å². The summed E-state index contributed by atoms with van der Waals surface area (Å²) in [5.74, 6) is -2.66. The minimum atomic E-state index is -0.996. The van der Waals surface area contributed by atoms with Crippen molar-refractivity contribution in [1.82, 2.24) is 0 Å². The third-order valence-electron chi connectivity index (χ3n) is 8.00. The molecule has 0 heterocycles. The Labute approximate surface area is 260 Å². The molecule has 1 unspecified atom stereocenters. The molecule has 4 nitrogen and oxygen atoms in total. The molecular formula is C38H66O4. The van der Waals surface area contributed by atoms with E-state index in [0.717, 1.165) is 64.0 Å². The fraction of sp³-hybridized carbons (Fsp3) is 0.763. The van der Waals surface area contributed by atoms with E-state index < -0.39 is 23.5 Å². The molecule has 0 fully saturated rings. The lowest BCUT2D eigenvalue weighted by molar-refractivity contribution is -0.151. The van der Waals surface area contributed by atoms with Gasteiger partial charge in [0.1, 0.15) is 5.92 Å². The first-order chi connectivity index (χ1) is 20.6. The van der Waals surface area contributed by atoms with Crippen molar-refractivity contribution in [3.63, 3.8) is 0 Å². The van der Waals surface area contributed by atoms with Gasteiger partial charge in [-0.3, -0.25) is 14.4 Å². The van der Waals surface area contributed by atoms with Gasteiger partial charge in [-0.25, -0.2) is 0 Å². The van der Waals surface area contributed by atoms with E-state index in [1.165, 1.54) is 89.9 Å². The number of hydrogen-bond acceptors (Lipinski definition) is 4. The predicted octanol–water partition coefficient (Wildman–Crippen LogP) is 11.7. The molecule has 0 aromatic carbocycles. The Balaban J connectivity index is 4.02. The van der Waals surface area contributed by atoms with Crippen molar-refractivity contribution in [2.75, 3.05) is 0 Å². The maximum absolute atomic E-state index is 12.8. The molecule has 0 N–H and O–H groups in total. The molecule has 0 aromatic heterocycles. The highest BCUT2D eigenvalue weighted by Crippen LogP contribution is 2.18. The van der Waals surface area contributed by atoms with Crippen LogP contribution in [0.1, 0.15) is 181 Å². The smallest absolute Gasteiger partial charge is 0.321 e. The van der Waals surface area contributed by atoms with Gasteiger partial charge in [-0.2, -0.15) is 0 Å². The largest absolute Gasteiger partial charge is 0.435 e. The van der Waals surface area contributed by atoms with Crippen LogP contribution in [0.4, 0.5) is 0 Å². The zero-order valence-electron chi connectivity index (χ0n) is 27.7. The molecular weight excluding hydrogens is 520 g/mol.